The minimum atomic E-state index is -5.12. The van der Waals surface area contributed by atoms with Gasteiger partial charge in [0.15, 0.2) is 0 Å². The fraction of sp³-hybridized carbons (Fsp3) is 0.400. The highest BCUT2D eigenvalue weighted by molar-refractivity contribution is 7.70. The van der Waals surface area contributed by atoms with Crippen LogP contribution in [-0.2, 0) is 52.8 Å². The minimum absolute atomic E-state index is 0.0538. The Bertz CT molecular complexity index is 3750. The Morgan fingerprint density at radius 3 is 2.21 bits per heavy atom. The second-order valence-electron chi connectivity index (χ2n) is 23.4. The van der Waals surface area contributed by atoms with Gasteiger partial charge in [-0.1, -0.05) is 88.8 Å². The number of hydrogen-bond acceptors (Lipinski definition) is 12. The fourth-order valence-electron chi connectivity index (χ4n) is 11.4. The van der Waals surface area contributed by atoms with Crippen LogP contribution in [0.15, 0.2) is 114 Å². The molecule has 7 amide bonds. The van der Waals surface area contributed by atoms with Crippen molar-refractivity contribution in [2.75, 3.05) is 18.4 Å². The number of amides is 7. The SMILES string of the molecule is CC(C)c1ccc(CNC(=O)[C@H](CCC(N)=O)NC(=O)[C@@H]2CC[C@@H]3CCN(C(=O)CCCCCCCCCCc4cncc(-c5cccc(C(=O)Nc6ccc(=O)n(CC(=O)O)c6)c5)c4)C[C@H](NC(=O)c4cc5cc(C(=O)P(=O)(O)O)ccc5[nH]4)C(=O)N32)cc1. The molecule has 476 valence electrons. The lowest BCUT2D eigenvalue weighted by Gasteiger charge is -2.39. The number of anilines is 1. The molecule has 10 N–H and O–H groups in total. The number of carbonyl (C=O) groups excluding carboxylic acids is 8. The van der Waals surface area contributed by atoms with Crippen molar-refractivity contribution in [3.8, 4) is 11.1 Å². The van der Waals surface area contributed by atoms with Crippen LogP contribution in [0.1, 0.15) is 158 Å². The molecule has 2 saturated heterocycles. The first kappa shape index (κ1) is 66.8. The smallest absolute Gasteiger partial charge is 0.396 e. The molecule has 0 unspecified atom stereocenters. The Hall–Kier alpha value is -9.12. The van der Waals surface area contributed by atoms with E-state index < -0.39 is 90.8 Å². The number of fused-ring (bicyclic) bond motifs is 2. The van der Waals surface area contributed by atoms with E-state index in [4.69, 9.17) is 10.8 Å². The molecule has 2 aliphatic heterocycles. The molecule has 0 bridgehead atoms. The molecular formula is C65H77N10O14P. The summed E-state index contributed by atoms with van der Waals surface area (Å²) in [6, 6.07) is 20.5. The Morgan fingerprint density at radius 1 is 0.767 bits per heavy atom. The maximum absolute atomic E-state index is 14.9. The van der Waals surface area contributed by atoms with Crippen LogP contribution in [0.2, 0.25) is 0 Å². The third kappa shape index (κ3) is 18.3. The third-order valence-corrected chi connectivity index (χ3v) is 17.1. The van der Waals surface area contributed by atoms with Crippen LogP contribution in [0.25, 0.3) is 22.0 Å². The van der Waals surface area contributed by atoms with Crippen molar-refractivity contribution in [1.82, 2.24) is 40.3 Å². The summed E-state index contributed by atoms with van der Waals surface area (Å²) >= 11 is 0. The zero-order chi connectivity index (χ0) is 64.6. The van der Waals surface area contributed by atoms with E-state index in [0.717, 1.165) is 83.8 Å². The van der Waals surface area contributed by atoms with Crippen molar-refractivity contribution in [2.24, 2.45) is 5.73 Å². The molecule has 0 aliphatic carbocycles. The van der Waals surface area contributed by atoms with Crippen LogP contribution in [0.4, 0.5) is 5.69 Å². The molecule has 0 radical (unpaired) electrons. The molecule has 5 heterocycles. The van der Waals surface area contributed by atoms with E-state index in [1.165, 1.54) is 47.5 Å². The van der Waals surface area contributed by atoms with Gasteiger partial charge in [0.2, 0.25) is 29.5 Å². The number of aromatic amines is 1. The number of nitrogens with zero attached hydrogens (tertiary/aromatic N) is 4. The molecule has 4 atom stereocenters. The van der Waals surface area contributed by atoms with Crippen LogP contribution in [-0.4, -0.2) is 129 Å². The highest BCUT2D eigenvalue weighted by Crippen LogP contribution is 2.39. The number of unbranched alkanes of at least 4 members (excludes halogenated alkanes) is 7. The number of primary amides is 1. The topological polar surface area (TPSA) is 363 Å². The number of carbonyl (C=O) groups is 9. The van der Waals surface area contributed by atoms with Crippen molar-refractivity contribution in [3.63, 3.8) is 0 Å². The fourth-order valence-corrected chi connectivity index (χ4v) is 11.9. The van der Waals surface area contributed by atoms with Crippen molar-refractivity contribution >= 4 is 77.0 Å². The van der Waals surface area contributed by atoms with Gasteiger partial charge in [0, 0.05) is 90.8 Å². The number of carboxylic acid groups (broad SMARTS) is 1. The van der Waals surface area contributed by atoms with Gasteiger partial charge < -0.3 is 61.2 Å². The van der Waals surface area contributed by atoms with Crippen molar-refractivity contribution in [3.05, 3.63) is 153 Å². The van der Waals surface area contributed by atoms with Gasteiger partial charge in [0.05, 0.1) is 5.69 Å². The normalized spacial score (nSPS) is 16.2. The first-order valence-electron chi connectivity index (χ1n) is 30.4. The second kappa shape index (κ2) is 30.9. The molecule has 8 rings (SSSR count). The molecule has 0 spiro atoms. The summed E-state index contributed by atoms with van der Waals surface area (Å²) in [4.78, 5) is 161. The summed E-state index contributed by atoms with van der Waals surface area (Å²) in [5.74, 6) is -4.76. The third-order valence-electron chi connectivity index (χ3n) is 16.4. The highest BCUT2D eigenvalue weighted by Gasteiger charge is 2.46. The van der Waals surface area contributed by atoms with Crippen LogP contribution >= 0.6 is 7.60 Å². The first-order chi connectivity index (χ1) is 43.0. The Morgan fingerprint density at radius 2 is 1.50 bits per heavy atom. The monoisotopic (exact) mass is 1250 g/mol. The number of hydrogen-bond donors (Lipinski definition) is 9. The number of pyridine rings is 2. The van der Waals surface area contributed by atoms with Gasteiger partial charge in [-0.2, -0.15) is 0 Å². The number of aliphatic carboxylic acids is 1. The molecule has 6 aromatic rings. The van der Waals surface area contributed by atoms with Gasteiger partial charge in [0.1, 0.15) is 30.4 Å². The summed E-state index contributed by atoms with van der Waals surface area (Å²) in [5.41, 5.74) is 8.89. The largest absolute Gasteiger partial charge is 0.480 e. The number of aromatic nitrogens is 3. The molecule has 0 saturated carbocycles. The standard InChI is InChI=1S/C65H77N10O14P/c1-40(2)43-18-16-41(17-19-43)35-68-61(82)52(24-26-56(66)76)71-63(84)55-25-22-50-28-29-73(38-54(64(85)75(50)55)72-62(83)53-33-47-32-46(20-23-51(47)70-53)65(86)90(87,88)89)57(77)15-10-8-6-4-3-5-7-9-12-42-30-48(36-67-34-42)44-13-11-14-45(31-44)60(81)69-49-21-27-58(78)74(37-49)39-59(79)80/h11,13-14,16-21,23,27,30-34,36-37,40,50,52,54-55,70H,3-10,12,15,22,24-26,28-29,35,38-39H2,1-2H3,(H2,66,76)(H,68,82)(H,69,81)(H,71,84)(H,72,83)(H,79,80)(H2,87,88,89)/t50-,52+,54+,55+/m1/s1. The average molecular weight is 1250 g/mol. The molecular weight excluding hydrogens is 1180 g/mol. The Kier molecular flexibility index (Phi) is 22.9. The highest BCUT2D eigenvalue weighted by atomic mass is 31.2. The lowest BCUT2D eigenvalue weighted by atomic mass is 10.0. The van der Waals surface area contributed by atoms with Gasteiger partial charge >= 0.3 is 13.6 Å². The number of H-pyrrole nitrogens is 1. The quantitative estimate of drug-likeness (QED) is 0.0175. The lowest BCUT2D eigenvalue weighted by Crippen LogP contribution is -2.62. The van der Waals surface area contributed by atoms with Gasteiger partial charge in [0.25, 0.3) is 22.9 Å². The van der Waals surface area contributed by atoms with Crippen molar-refractivity contribution < 1.29 is 62.6 Å². The Labute approximate surface area is 519 Å². The van der Waals surface area contributed by atoms with E-state index in [1.54, 1.807) is 29.3 Å². The number of carboxylic acids is 1. The van der Waals surface area contributed by atoms with Crippen LogP contribution in [0.5, 0.6) is 0 Å². The van der Waals surface area contributed by atoms with E-state index in [-0.39, 0.29) is 73.6 Å². The molecule has 90 heavy (non-hydrogen) atoms. The predicted octanol–water partition coefficient (Wildman–Crippen LogP) is 6.68. The van der Waals surface area contributed by atoms with Gasteiger partial charge in [-0.3, -0.25) is 57.5 Å². The first-order valence-corrected chi connectivity index (χ1v) is 32.0. The van der Waals surface area contributed by atoms with Gasteiger partial charge in [-0.15, -0.1) is 0 Å². The Balaban J connectivity index is 0.840. The number of rotatable bonds is 29. The van der Waals surface area contributed by atoms with Crippen molar-refractivity contribution in [2.45, 2.75) is 153 Å². The summed E-state index contributed by atoms with van der Waals surface area (Å²) in [6.45, 7) is 3.74. The molecule has 3 aromatic carbocycles. The second-order valence-corrected chi connectivity index (χ2v) is 24.9. The summed E-state index contributed by atoms with van der Waals surface area (Å²) < 4.78 is 12.7. The van der Waals surface area contributed by atoms with E-state index in [2.05, 4.69) is 51.1 Å². The maximum Gasteiger partial charge on any atom is 0.396 e. The zero-order valence-electron chi connectivity index (χ0n) is 50.4. The molecule has 2 fully saturated rings. The zero-order valence-corrected chi connectivity index (χ0v) is 51.3. The number of aryl methyl sites for hydroxylation is 1. The summed E-state index contributed by atoms with van der Waals surface area (Å²) in [5, 5.41) is 20.5. The molecule has 3 aromatic heterocycles. The molecule has 25 heteroatoms. The van der Waals surface area contributed by atoms with E-state index in [1.807, 2.05) is 36.5 Å². The maximum atomic E-state index is 14.9. The number of nitrogens with two attached hydrogens (primary N) is 1. The predicted molar refractivity (Wildman–Crippen MR) is 335 cm³/mol. The number of benzene rings is 3. The van der Waals surface area contributed by atoms with Gasteiger partial charge in [-0.05, 0) is 122 Å². The van der Waals surface area contributed by atoms with Crippen LogP contribution in [0, 0.1) is 0 Å². The van der Waals surface area contributed by atoms with E-state index in [9.17, 15) is 62.3 Å². The summed E-state index contributed by atoms with van der Waals surface area (Å²) in [7, 11) is -5.12. The van der Waals surface area contributed by atoms with Crippen molar-refractivity contribution in [1.29, 1.82) is 0 Å². The number of nitrogens with one attached hydrogen (secondary N) is 5. The average Bonchev–Trinajstić information content (AvgIpc) is 2.58. The van der Waals surface area contributed by atoms with Crippen LogP contribution < -0.4 is 32.6 Å². The minimum Gasteiger partial charge on any atom is -0.480 e. The van der Waals surface area contributed by atoms with Gasteiger partial charge in [-0.25, -0.2) is 0 Å². The molecule has 24 nitrogen and oxygen atoms in total. The lowest BCUT2D eigenvalue weighted by molar-refractivity contribution is -0.145. The summed E-state index contributed by atoms with van der Waals surface area (Å²) in [6.07, 6.45) is 13.7. The van der Waals surface area contributed by atoms with Crippen LogP contribution in [0.3, 0.4) is 0 Å². The van der Waals surface area contributed by atoms with E-state index >= 15 is 0 Å². The molecule has 2 aliphatic rings. The van der Waals surface area contributed by atoms with E-state index in [0.29, 0.717) is 36.3 Å².